The number of aliphatic hydroxyl groups excluding tert-OH is 1. The lowest BCUT2D eigenvalue weighted by molar-refractivity contribution is 0.198. The molecule has 4 heteroatoms. The molecular weight excluding hydrogens is 178 g/mol. The van der Waals surface area contributed by atoms with Gasteiger partial charge in [0, 0.05) is 13.1 Å². The van der Waals surface area contributed by atoms with Crippen molar-refractivity contribution >= 4 is 11.5 Å². The predicted molar refractivity (Wildman–Crippen MR) is 56.2 cm³/mol. The topological polar surface area (TPSA) is 62.4 Å². The highest BCUT2D eigenvalue weighted by Crippen LogP contribution is 2.22. The Labute approximate surface area is 83.4 Å². The summed E-state index contributed by atoms with van der Waals surface area (Å²) in [6.45, 7) is 3.54. The van der Waals surface area contributed by atoms with Crippen LogP contribution < -0.4 is 10.6 Å². The first-order valence-electron chi connectivity index (χ1n) is 4.82. The SMILES string of the molecule is Cc1cc(N)cnc1N1CCC(O)C1. The van der Waals surface area contributed by atoms with Gasteiger partial charge in [-0.15, -0.1) is 0 Å². The third-order valence-corrected chi connectivity index (χ3v) is 2.53. The summed E-state index contributed by atoms with van der Waals surface area (Å²) in [5.41, 5.74) is 7.38. The van der Waals surface area contributed by atoms with Crippen LogP contribution in [0, 0.1) is 6.92 Å². The van der Waals surface area contributed by atoms with Crippen LogP contribution in [0.3, 0.4) is 0 Å². The minimum Gasteiger partial charge on any atom is -0.397 e. The molecule has 2 rings (SSSR count). The van der Waals surface area contributed by atoms with Crippen LogP contribution in [0.1, 0.15) is 12.0 Å². The van der Waals surface area contributed by atoms with E-state index in [1.165, 1.54) is 0 Å². The standard InChI is InChI=1S/C10H15N3O/c1-7-4-8(11)5-12-10(7)13-3-2-9(14)6-13/h4-5,9,14H,2-3,6,11H2,1H3. The molecular formula is C10H15N3O. The van der Waals surface area contributed by atoms with E-state index in [-0.39, 0.29) is 6.10 Å². The van der Waals surface area contributed by atoms with Gasteiger partial charge in [-0.05, 0) is 25.0 Å². The lowest BCUT2D eigenvalue weighted by Crippen LogP contribution is -2.23. The number of nitrogens with two attached hydrogens (primary N) is 1. The minimum atomic E-state index is -0.214. The summed E-state index contributed by atoms with van der Waals surface area (Å²) in [6, 6.07) is 1.91. The van der Waals surface area contributed by atoms with Crippen molar-refractivity contribution in [1.29, 1.82) is 0 Å². The van der Waals surface area contributed by atoms with Crippen LogP contribution in [0.25, 0.3) is 0 Å². The van der Waals surface area contributed by atoms with Gasteiger partial charge < -0.3 is 15.7 Å². The lowest BCUT2D eigenvalue weighted by atomic mass is 10.2. The molecule has 4 nitrogen and oxygen atoms in total. The van der Waals surface area contributed by atoms with Gasteiger partial charge in [0.25, 0.3) is 0 Å². The quantitative estimate of drug-likeness (QED) is 0.683. The number of anilines is 2. The molecule has 1 fully saturated rings. The molecule has 0 bridgehead atoms. The molecule has 1 saturated heterocycles. The summed E-state index contributed by atoms with van der Waals surface area (Å²) in [7, 11) is 0. The number of pyridine rings is 1. The predicted octanol–water partition coefficient (Wildman–Crippen LogP) is 0.543. The maximum Gasteiger partial charge on any atom is 0.131 e. The Kier molecular flexibility index (Phi) is 2.29. The Morgan fingerprint density at radius 1 is 1.64 bits per heavy atom. The van der Waals surface area contributed by atoms with Crippen molar-refractivity contribution in [2.75, 3.05) is 23.7 Å². The van der Waals surface area contributed by atoms with Crippen molar-refractivity contribution in [2.45, 2.75) is 19.4 Å². The molecule has 2 heterocycles. The van der Waals surface area contributed by atoms with Gasteiger partial charge in [-0.3, -0.25) is 0 Å². The lowest BCUT2D eigenvalue weighted by Gasteiger charge is -2.18. The van der Waals surface area contributed by atoms with Crippen LogP contribution >= 0.6 is 0 Å². The summed E-state index contributed by atoms with van der Waals surface area (Å²) < 4.78 is 0. The number of aromatic nitrogens is 1. The average molecular weight is 193 g/mol. The van der Waals surface area contributed by atoms with E-state index in [1.807, 2.05) is 13.0 Å². The highest BCUT2D eigenvalue weighted by Gasteiger charge is 2.22. The van der Waals surface area contributed by atoms with Crippen molar-refractivity contribution in [3.63, 3.8) is 0 Å². The smallest absolute Gasteiger partial charge is 0.131 e. The number of nitrogen functional groups attached to an aromatic ring is 1. The molecule has 1 unspecified atom stereocenters. The van der Waals surface area contributed by atoms with E-state index >= 15 is 0 Å². The van der Waals surface area contributed by atoms with Gasteiger partial charge in [0.2, 0.25) is 0 Å². The van der Waals surface area contributed by atoms with Crippen molar-refractivity contribution in [3.8, 4) is 0 Å². The summed E-state index contributed by atoms with van der Waals surface area (Å²) >= 11 is 0. The zero-order chi connectivity index (χ0) is 10.1. The van der Waals surface area contributed by atoms with Crippen LogP contribution in [-0.4, -0.2) is 29.3 Å². The molecule has 0 spiro atoms. The Balaban J connectivity index is 2.24. The molecule has 1 atom stereocenters. The number of hydrogen-bond donors (Lipinski definition) is 2. The number of β-amino-alcohol motifs (C(OH)–C–C–N with tert-alkyl or cyclic N) is 1. The van der Waals surface area contributed by atoms with Crippen molar-refractivity contribution < 1.29 is 5.11 Å². The normalized spacial score (nSPS) is 21.6. The zero-order valence-electron chi connectivity index (χ0n) is 8.27. The van der Waals surface area contributed by atoms with Gasteiger partial charge in [-0.2, -0.15) is 0 Å². The summed E-state index contributed by atoms with van der Waals surface area (Å²) in [6.07, 6.45) is 2.27. The van der Waals surface area contributed by atoms with E-state index in [4.69, 9.17) is 5.73 Å². The van der Waals surface area contributed by atoms with Gasteiger partial charge in [0.1, 0.15) is 5.82 Å². The van der Waals surface area contributed by atoms with E-state index in [0.29, 0.717) is 12.2 Å². The first-order chi connectivity index (χ1) is 6.66. The number of aryl methyl sites for hydroxylation is 1. The van der Waals surface area contributed by atoms with Gasteiger partial charge in [-0.1, -0.05) is 0 Å². The Morgan fingerprint density at radius 3 is 3.00 bits per heavy atom. The van der Waals surface area contributed by atoms with Crippen LogP contribution in [-0.2, 0) is 0 Å². The molecule has 0 aromatic carbocycles. The van der Waals surface area contributed by atoms with E-state index in [9.17, 15) is 5.11 Å². The van der Waals surface area contributed by atoms with E-state index in [0.717, 1.165) is 24.3 Å². The maximum atomic E-state index is 9.41. The second-order valence-electron chi connectivity index (χ2n) is 3.80. The van der Waals surface area contributed by atoms with Crippen molar-refractivity contribution in [1.82, 2.24) is 4.98 Å². The fourth-order valence-corrected chi connectivity index (χ4v) is 1.85. The molecule has 0 amide bonds. The molecule has 1 aliphatic rings. The largest absolute Gasteiger partial charge is 0.397 e. The van der Waals surface area contributed by atoms with Gasteiger partial charge >= 0.3 is 0 Å². The van der Waals surface area contributed by atoms with E-state index in [1.54, 1.807) is 6.20 Å². The summed E-state index contributed by atoms with van der Waals surface area (Å²) in [5.74, 6) is 0.941. The van der Waals surface area contributed by atoms with E-state index < -0.39 is 0 Å². The van der Waals surface area contributed by atoms with Crippen LogP contribution in [0.4, 0.5) is 11.5 Å². The zero-order valence-corrected chi connectivity index (χ0v) is 8.27. The van der Waals surface area contributed by atoms with Crippen LogP contribution in [0.15, 0.2) is 12.3 Å². The Hall–Kier alpha value is -1.29. The number of aliphatic hydroxyl groups is 1. The Morgan fingerprint density at radius 2 is 2.43 bits per heavy atom. The second-order valence-corrected chi connectivity index (χ2v) is 3.80. The molecule has 0 radical (unpaired) electrons. The highest BCUT2D eigenvalue weighted by molar-refractivity contribution is 5.53. The second kappa shape index (κ2) is 3.46. The minimum absolute atomic E-state index is 0.214. The number of hydrogen-bond acceptors (Lipinski definition) is 4. The molecule has 0 aliphatic carbocycles. The van der Waals surface area contributed by atoms with E-state index in [2.05, 4.69) is 9.88 Å². The maximum absolute atomic E-state index is 9.41. The first-order valence-corrected chi connectivity index (χ1v) is 4.82. The van der Waals surface area contributed by atoms with Crippen molar-refractivity contribution in [2.24, 2.45) is 0 Å². The molecule has 14 heavy (non-hydrogen) atoms. The molecule has 76 valence electrons. The van der Waals surface area contributed by atoms with Crippen LogP contribution in [0.5, 0.6) is 0 Å². The van der Waals surface area contributed by atoms with Gasteiger partial charge in [0.15, 0.2) is 0 Å². The molecule has 1 aliphatic heterocycles. The monoisotopic (exact) mass is 193 g/mol. The molecule has 3 N–H and O–H groups in total. The fraction of sp³-hybridized carbons (Fsp3) is 0.500. The summed E-state index contributed by atoms with van der Waals surface area (Å²) in [4.78, 5) is 6.38. The molecule has 1 aromatic heterocycles. The molecule has 0 saturated carbocycles. The third-order valence-electron chi connectivity index (χ3n) is 2.53. The number of rotatable bonds is 1. The highest BCUT2D eigenvalue weighted by atomic mass is 16.3. The van der Waals surface area contributed by atoms with Crippen LogP contribution in [0.2, 0.25) is 0 Å². The summed E-state index contributed by atoms with van der Waals surface area (Å²) in [5, 5.41) is 9.41. The average Bonchev–Trinajstić information content (AvgIpc) is 2.51. The third kappa shape index (κ3) is 1.65. The Bertz CT molecular complexity index is 340. The van der Waals surface area contributed by atoms with Gasteiger partial charge in [-0.25, -0.2) is 4.98 Å². The van der Waals surface area contributed by atoms with Crippen molar-refractivity contribution in [3.05, 3.63) is 17.8 Å². The van der Waals surface area contributed by atoms with Gasteiger partial charge in [0.05, 0.1) is 18.0 Å². The molecule has 1 aromatic rings. The fourth-order valence-electron chi connectivity index (χ4n) is 1.85. The first kappa shape index (κ1) is 9.27. The number of nitrogens with zero attached hydrogens (tertiary/aromatic N) is 2.